The molecular weight excluding hydrogens is 244 g/mol. The van der Waals surface area contributed by atoms with Crippen molar-refractivity contribution in [1.82, 2.24) is 9.97 Å². The van der Waals surface area contributed by atoms with Crippen molar-refractivity contribution in [3.05, 3.63) is 12.3 Å². The van der Waals surface area contributed by atoms with Crippen LogP contribution >= 0.6 is 11.8 Å². The zero-order valence-corrected chi connectivity index (χ0v) is 12.6. The second kappa shape index (κ2) is 8.19. The summed E-state index contributed by atoms with van der Waals surface area (Å²) in [6.07, 6.45) is 6.17. The lowest BCUT2D eigenvalue weighted by atomic mass is 10.2. The van der Waals surface area contributed by atoms with Crippen LogP contribution < -0.4 is 10.2 Å². The first-order chi connectivity index (χ1) is 8.72. The first-order valence-corrected chi connectivity index (χ1v) is 7.91. The highest BCUT2D eigenvalue weighted by molar-refractivity contribution is 7.98. The van der Waals surface area contributed by atoms with Gasteiger partial charge in [-0.05, 0) is 25.2 Å². The summed E-state index contributed by atoms with van der Waals surface area (Å²) >= 11 is 1.87. The van der Waals surface area contributed by atoms with Crippen molar-refractivity contribution in [3.8, 4) is 0 Å². The lowest BCUT2D eigenvalue weighted by Crippen LogP contribution is -2.33. The summed E-state index contributed by atoms with van der Waals surface area (Å²) in [7, 11) is 2.11. The zero-order chi connectivity index (χ0) is 13.4. The van der Waals surface area contributed by atoms with Gasteiger partial charge in [-0.2, -0.15) is 16.7 Å². The average molecular weight is 268 g/mol. The number of rotatable bonds is 8. The van der Waals surface area contributed by atoms with Gasteiger partial charge in [0.1, 0.15) is 5.82 Å². The van der Waals surface area contributed by atoms with Gasteiger partial charge in [0, 0.05) is 31.6 Å². The molecule has 1 unspecified atom stereocenters. The molecule has 5 heteroatoms. The van der Waals surface area contributed by atoms with Crippen LogP contribution in [0, 0.1) is 0 Å². The molecule has 0 fully saturated rings. The number of hydrogen-bond donors (Lipinski definition) is 1. The number of nitrogens with one attached hydrogen (secondary N) is 1. The highest BCUT2D eigenvalue weighted by Gasteiger charge is 2.14. The molecular formula is C13H24N4S. The molecule has 1 atom stereocenters. The molecule has 4 nitrogen and oxygen atoms in total. The molecule has 0 aromatic carbocycles. The minimum Gasteiger partial charge on any atom is -0.356 e. The highest BCUT2D eigenvalue weighted by atomic mass is 32.2. The van der Waals surface area contributed by atoms with Crippen LogP contribution in [0.15, 0.2) is 12.3 Å². The Kier molecular flexibility index (Phi) is 6.86. The molecule has 0 aliphatic rings. The monoisotopic (exact) mass is 268 g/mol. The molecule has 0 spiro atoms. The first kappa shape index (κ1) is 15.1. The summed E-state index contributed by atoms with van der Waals surface area (Å²) in [6, 6.07) is 2.49. The number of thioether (sulfide) groups is 1. The molecule has 0 radical (unpaired) electrons. The Balaban J connectivity index is 2.74. The van der Waals surface area contributed by atoms with Crippen molar-refractivity contribution < 1.29 is 0 Å². The highest BCUT2D eigenvalue weighted by Crippen LogP contribution is 2.17. The van der Waals surface area contributed by atoms with Gasteiger partial charge in [0.25, 0.3) is 0 Å². The molecule has 0 bridgehead atoms. The van der Waals surface area contributed by atoms with E-state index in [4.69, 9.17) is 0 Å². The van der Waals surface area contributed by atoms with Crippen LogP contribution in [0.1, 0.15) is 26.7 Å². The van der Waals surface area contributed by atoms with Crippen molar-refractivity contribution >= 4 is 23.5 Å². The van der Waals surface area contributed by atoms with E-state index in [0.29, 0.717) is 6.04 Å². The predicted octanol–water partition coefficient (Wildman–Crippen LogP) is 2.88. The van der Waals surface area contributed by atoms with Crippen LogP contribution in [0.2, 0.25) is 0 Å². The molecule has 0 saturated heterocycles. The maximum atomic E-state index is 4.56. The van der Waals surface area contributed by atoms with E-state index in [1.54, 1.807) is 0 Å². The maximum Gasteiger partial charge on any atom is 0.224 e. The second-order valence-electron chi connectivity index (χ2n) is 4.29. The fourth-order valence-corrected chi connectivity index (χ4v) is 2.59. The van der Waals surface area contributed by atoms with E-state index < -0.39 is 0 Å². The van der Waals surface area contributed by atoms with E-state index in [-0.39, 0.29) is 0 Å². The van der Waals surface area contributed by atoms with Gasteiger partial charge in [0.15, 0.2) is 0 Å². The summed E-state index contributed by atoms with van der Waals surface area (Å²) in [5, 5.41) is 3.22. The van der Waals surface area contributed by atoms with Crippen LogP contribution in [-0.4, -0.2) is 41.6 Å². The largest absolute Gasteiger partial charge is 0.356 e. The molecule has 102 valence electrons. The van der Waals surface area contributed by atoms with Gasteiger partial charge in [-0.25, -0.2) is 4.98 Å². The Morgan fingerprint density at radius 2 is 2.22 bits per heavy atom. The summed E-state index contributed by atoms with van der Waals surface area (Å²) in [5.41, 5.74) is 0. The molecule has 1 rings (SSSR count). The Morgan fingerprint density at radius 1 is 1.44 bits per heavy atom. The smallest absolute Gasteiger partial charge is 0.224 e. The summed E-state index contributed by atoms with van der Waals surface area (Å²) in [4.78, 5) is 11.0. The fraction of sp³-hybridized carbons (Fsp3) is 0.692. The lowest BCUT2D eigenvalue weighted by molar-refractivity contribution is 0.665. The normalized spacial score (nSPS) is 12.2. The summed E-state index contributed by atoms with van der Waals surface area (Å²) in [5.74, 6) is 2.83. The molecule has 18 heavy (non-hydrogen) atoms. The molecule has 1 heterocycles. The van der Waals surface area contributed by atoms with Gasteiger partial charge in [0.2, 0.25) is 5.95 Å². The second-order valence-corrected chi connectivity index (χ2v) is 5.20. The quantitative estimate of drug-likeness (QED) is 0.785. The van der Waals surface area contributed by atoms with Gasteiger partial charge >= 0.3 is 0 Å². The van der Waals surface area contributed by atoms with Gasteiger partial charge in [0.05, 0.1) is 0 Å². The van der Waals surface area contributed by atoms with E-state index in [9.17, 15) is 0 Å². The van der Waals surface area contributed by atoms with Gasteiger partial charge in [-0.3, -0.25) is 0 Å². The van der Waals surface area contributed by atoms with Crippen molar-refractivity contribution in [3.63, 3.8) is 0 Å². The Bertz CT molecular complexity index is 346. The summed E-state index contributed by atoms with van der Waals surface area (Å²) in [6.45, 7) is 5.26. The number of nitrogens with zero attached hydrogens (tertiary/aromatic N) is 3. The molecule has 0 aliphatic carbocycles. The lowest BCUT2D eigenvalue weighted by Gasteiger charge is -2.27. The molecule has 0 aliphatic heterocycles. The average Bonchev–Trinajstić information content (AvgIpc) is 2.42. The van der Waals surface area contributed by atoms with E-state index in [1.165, 1.54) is 0 Å². The van der Waals surface area contributed by atoms with Crippen molar-refractivity contribution in [2.75, 3.05) is 35.8 Å². The zero-order valence-electron chi connectivity index (χ0n) is 11.8. The van der Waals surface area contributed by atoms with Crippen molar-refractivity contribution in [2.24, 2.45) is 0 Å². The van der Waals surface area contributed by atoms with Crippen LogP contribution in [0.5, 0.6) is 0 Å². The van der Waals surface area contributed by atoms with Crippen LogP contribution in [0.25, 0.3) is 0 Å². The van der Waals surface area contributed by atoms with E-state index in [0.717, 1.165) is 36.9 Å². The van der Waals surface area contributed by atoms with Crippen molar-refractivity contribution in [2.45, 2.75) is 32.7 Å². The van der Waals surface area contributed by atoms with Crippen LogP contribution in [-0.2, 0) is 0 Å². The standard InChI is InChI=1S/C13H24N4S/c1-5-8-14-13-15-9-7-12(16-13)17(3)11(6-2)10-18-4/h7,9,11H,5-6,8,10H2,1-4H3,(H,14,15,16). The van der Waals surface area contributed by atoms with Gasteiger partial charge < -0.3 is 10.2 Å². The minimum atomic E-state index is 0.522. The third-order valence-electron chi connectivity index (χ3n) is 2.91. The number of anilines is 2. The summed E-state index contributed by atoms with van der Waals surface area (Å²) < 4.78 is 0. The first-order valence-electron chi connectivity index (χ1n) is 6.51. The van der Waals surface area contributed by atoms with Gasteiger partial charge in [-0.15, -0.1) is 0 Å². The third-order valence-corrected chi connectivity index (χ3v) is 3.63. The molecule has 1 aromatic rings. The topological polar surface area (TPSA) is 41.1 Å². The Labute approximate surface area is 115 Å². The fourth-order valence-electron chi connectivity index (χ4n) is 1.75. The molecule has 1 N–H and O–H groups in total. The molecule has 0 amide bonds. The van der Waals surface area contributed by atoms with Gasteiger partial charge in [-0.1, -0.05) is 13.8 Å². The number of aromatic nitrogens is 2. The van der Waals surface area contributed by atoms with Crippen LogP contribution in [0.4, 0.5) is 11.8 Å². The van der Waals surface area contributed by atoms with E-state index >= 15 is 0 Å². The van der Waals surface area contributed by atoms with Crippen LogP contribution in [0.3, 0.4) is 0 Å². The number of hydrogen-bond acceptors (Lipinski definition) is 5. The maximum absolute atomic E-state index is 4.56. The Morgan fingerprint density at radius 3 is 2.83 bits per heavy atom. The van der Waals surface area contributed by atoms with Crippen molar-refractivity contribution in [1.29, 1.82) is 0 Å². The molecule has 1 aromatic heterocycles. The van der Waals surface area contributed by atoms with E-state index in [2.05, 4.69) is 47.3 Å². The SMILES string of the molecule is CCCNc1nccc(N(C)C(CC)CSC)n1. The Hall–Kier alpha value is -0.970. The third kappa shape index (κ3) is 4.37. The predicted molar refractivity (Wildman–Crippen MR) is 81.7 cm³/mol. The van der Waals surface area contributed by atoms with E-state index in [1.807, 2.05) is 24.0 Å². The minimum absolute atomic E-state index is 0.522. The molecule has 0 saturated carbocycles.